The molecule has 4 aromatic carbocycles. The third-order valence-corrected chi connectivity index (χ3v) is 9.75. The van der Waals surface area contributed by atoms with Crippen molar-refractivity contribution in [3.63, 3.8) is 0 Å². The Balaban J connectivity index is 1.32. The van der Waals surface area contributed by atoms with Crippen LogP contribution in [-0.2, 0) is 33.1 Å². The van der Waals surface area contributed by atoms with Gasteiger partial charge in [0, 0.05) is 47.4 Å². The minimum absolute atomic E-state index is 0.146. The van der Waals surface area contributed by atoms with Gasteiger partial charge >= 0.3 is 5.97 Å². The van der Waals surface area contributed by atoms with Crippen molar-refractivity contribution in [2.45, 2.75) is 22.6 Å². The number of hydrogen-bond acceptors (Lipinski definition) is 8. The van der Waals surface area contributed by atoms with E-state index < -0.39 is 26.2 Å². The van der Waals surface area contributed by atoms with Crippen LogP contribution in [0, 0.1) is 0 Å². The number of carboxylic acid groups (broad SMARTS) is 1. The van der Waals surface area contributed by atoms with Crippen LogP contribution in [0.25, 0.3) is 33.4 Å². The molecule has 0 saturated carbocycles. The Hall–Kier alpha value is -5.34. The first kappa shape index (κ1) is 33.6. The summed E-state index contributed by atoms with van der Waals surface area (Å²) < 4.78 is 70.1. The van der Waals surface area contributed by atoms with Crippen molar-refractivity contribution >= 4 is 42.9 Å². The van der Waals surface area contributed by atoms with Crippen molar-refractivity contribution in [3.8, 4) is 22.5 Å². The summed E-state index contributed by atoms with van der Waals surface area (Å²) in [7, 11) is -8.53. The van der Waals surface area contributed by atoms with Crippen molar-refractivity contribution in [1.82, 2.24) is 0 Å². The highest BCUT2D eigenvalue weighted by molar-refractivity contribution is 7.86. The lowest BCUT2D eigenvalue weighted by molar-refractivity contribution is 0.0697. The monoisotopic (exact) mass is 698 g/mol. The zero-order valence-corrected chi connectivity index (χ0v) is 27.4. The van der Waals surface area contributed by atoms with Crippen LogP contribution in [0.2, 0.25) is 0 Å². The molecule has 0 spiro atoms. The van der Waals surface area contributed by atoms with Crippen LogP contribution in [0.1, 0.15) is 21.5 Å². The van der Waals surface area contributed by atoms with Crippen LogP contribution in [0.4, 0.5) is 5.69 Å². The Bertz CT molecular complexity index is 2440. The number of aromatic carboxylic acids is 1. The largest absolute Gasteiger partial charge is 0.478 e. The predicted molar refractivity (Wildman–Crippen MR) is 184 cm³/mol. The third-order valence-electron chi connectivity index (χ3n) is 8.01. The van der Waals surface area contributed by atoms with Gasteiger partial charge in [-0.1, -0.05) is 42.5 Å². The molecule has 0 atom stereocenters. The van der Waals surface area contributed by atoms with Crippen molar-refractivity contribution in [2.75, 3.05) is 18.4 Å². The van der Waals surface area contributed by atoms with Crippen molar-refractivity contribution in [2.24, 2.45) is 4.99 Å². The van der Waals surface area contributed by atoms with Gasteiger partial charge in [0.25, 0.3) is 20.2 Å². The molecule has 0 fully saturated rings. The summed E-state index contributed by atoms with van der Waals surface area (Å²) in [6, 6.07) is 29.8. The molecule has 4 N–H and O–H groups in total. The topological polar surface area (TPSA) is 184 Å². The van der Waals surface area contributed by atoms with Gasteiger partial charge in [0.05, 0.1) is 20.7 Å². The van der Waals surface area contributed by atoms with E-state index in [-0.39, 0.29) is 15.4 Å². The fourth-order valence-corrected chi connectivity index (χ4v) is 6.55. The Morgan fingerprint density at radius 3 is 1.98 bits per heavy atom. The number of nitrogens with zero attached hydrogens (tertiary/aromatic N) is 1. The first-order valence-electron chi connectivity index (χ1n) is 15.1. The lowest BCUT2D eigenvalue weighted by Gasteiger charge is -2.17. The fraction of sp³-hybridized carbons (Fsp3) is 0.111. The quantitative estimate of drug-likeness (QED) is 0.0898. The van der Waals surface area contributed by atoms with Gasteiger partial charge in [0.15, 0.2) is 0 Å². The number of rotatable bonds is 11. The molecule has 1 aliphatic heterocycles. The average Bonchev–Trinajstić information content (AvgIpc) is 3.07. The molecule has 11 nitrogen and oxygen atoms in total. The highest BCUT2D eigenvalue weighted by atomic mass is 32.2. The predicted octanol–water partition coefficient (Wildman–Crippen LogP) is 6.19. The summed E-state index contributed by atoms with van der Waals surface area (Å²) in [4.78, 5) is 16.6. The first-order valence-corrected chi connectivity index (χ1v) is 18.0. The summed E-state index contributed by atoms with van der Waals surface area (Å²) >= 11 is 0. The van der Waals surface area contributed by atoms with E-state index in [1.165, 1.54) is 24.3 Å². The van der Waals surface area contributed by atoms with Crippen LogP contribution >= 0.6 is 0 Å². The molecule has 0 bridgehead atoms. The van der Waals surface area contributed by atoms with Gasteiger partial charge in [0.1, 0.15) is 11.3 Å². The van der Waals surface area contributed by atoms with Crippen molar-refractivity contribution < 1.29 is 40.3 Å². The van der Waals surface area contributed by atoms with Crippen molar-refractivity contribution in [1.29, 1.82) is 0 Å². The molecule has 1 heterocycles. The molecule has 250 valence electrons. The van der Waals surface area contributed by atoms with Crippen LogP contribution < -0.4 is 10.7 Å². The summed E-state index contributed by atoms with van der Waals surface area (Å²) in [5.41, 5.74) is 5.07. The van der Waals surface area contributed by atoms with Gasteiger partial charge in [-0.15, -0.1) is 0 Å². The molecule has 0 amide bonds. The standard InChI is InChI=1S/C36H30N2O9S2/c39-36(40)30-4-2-1-3-29(30)35-31-15-9-25(37-19-17-23-5-11-27(12-6-23)48(41,42)43)21-33(31)47-34-22-26(10-16-32(34)35)38-20-18-24-7-13-28(14-8-24)49(44,45)46/h1-16,21-22,37H,17-20H2,(H,39,40)(H,41,42,43)(H,44,45,46). The van der Waals surface area contributed by atoms with Crippen LogP contribution in [0.5, 0.6) is 0 Å². The maximum atomic E-state index is 12.2. The lowest BCUT2D eigenvalue weighted by atomic mass is 9.90. The Morgan fingerprint density at radius 2 is 1.35 bits per heavy atom. The molecule has 0 radical (unpaired) electrons. The zero-order chi connectivity index (χ0) is 34.8. The zero-order valence-electron chi connectivity index (χ0n) is 25.8. The fourth-order valence-electron chi connectivity index (χ4n) is 5.59. The maximum Gasteiger partial charge on any atom is 0.336 e. The molecule has 0 saturated heterocycles. The van der Waals surface area contributed by atoms with E-state index in [9.17, 15) is 35.8 Å². The number of fused-ring (bicyclic) bond motifs is 2. The summed E-state index contributed by atoms with van der Waals surface area (Å²) in [6.45, 7) is 0.909. The maximum absolute atomic E-state index is 12.2. The van der Waals surface area contributed by atoms with Gasteiger partial charge in [0.2, 0.25) is 0 Å². The van der Waals surface area contributed by atoms with Crippen LogP contribution in [0.3, 0.4) is 0 Å². The number of carbonyl (C=O) groups is 1. The molecule has 1 aliphatic carbocycles. The molecule has 4 aromatic rings. The van der Waals surface area contributed by atoms with Gasteiger partial charge in [-0.3, -0.25) is 14.1 Å². The second-order valence-corrected chi connectivity index (χ2v) is 14.1. The number of carboxylic acids is 1. The first-order chi connectivity index (χ1) is 23.4. The Kier molecular flexibility index (Phi) is 9.35. The summed E-state index contributed by atoms with van der Waals surface area (Å²) in [5, 5.41) is 14.7. The van der Waals surface area contributed by atoms with E-state index in [1.807, 2.05) is 30.3 Å². The van der Waals surface area contributed by atoms with Gasteiger partial charge < -0.3 is 14.8 Å². The highest BCUT2D eigenvalue weighted by Crippen LogP contribution is 2.41. The molecule has 2 aliphatic rings. The van der Waals surface area contributed by atoms with Gasteiger partial charge in [-0.05, 0) is 84.1 Å². The molecule has 49 heavy (non-hydrogen) atoms. The molecular formula is C36H30N2O9S2. The molecular weight excluding hydrogens is 669 g/mol. The third kappa shape index (κ3) is 7.71. The van der Waals surface area contributed by atoms with Gasteiger partial charge in [-0.25, -0.2) is 4.79 Å². The summed E-state index contributed by atoms with van der Waals surface area (Å²) in [5.74, 6) is -0.561. The van der Waals surface area contributed by atoms with E-state index >= 15 is 0 Å². The van der Waals surface area contributed by atoms with Gasteiger partial charge in [-0.2, -0.15) is 16.8 Å². The highest BCUT2D eigenvalue weighted by Gasteiger charge is 2.21. The molecule has 0 aromatic heterocycles. The number of benzene rings is 5. The Morgan fingerprint density at radius 1 is 0.714 bits per heavy atom. The molecule has 13 heteroatoms. The Labute approximate surface area is 282 Å². The number of anilines is 1. The minimum atomic E-state index is -4.27. The van der Waals surface area contributed by atoms with E-state index in [2.05, 4.69) is 10.3 Å². The van der Waals surface area contributed by atoms with E-state index in [4.69, 9.17) is 4.42 Å². The molecule has 6 rings (SSSR count). The van der Waals surface area contributed by atoms with Crippen molar-refractivity contribution in [3.05, 3.63) is 131 Å². The smallest absolute Gasteiger partial charge is 0.336 e. The summed E-state index contributed by atoms with van der Waals surface area (Å²) in [6.07, 6.45) is 1.10. The molecule has 0 unspecified atom stereocenters. The minimum Gasteiger partial charge on any atom is -0.478 e. The van der Waals surface area contributed by atoms with E-state index in [0.717, 1.165) is 16.8 Å². The number of nitrogens with one attached hydrogen (secondary N) is 1. The second-order valence-electron chi connectivity index (χ2n) is 11.3. The van der Waals surface area contributed by atoms with E-state index in [0.29, 0.717) is 64.7 Å². The lowest BCUT2D eigenvalue weighted by Crippen LogP contribution is -2.07. The SMILES string of the molecule is O=C(O)c1ccccc1-c1c2ccc(=NCCc3ccc(S(=O)(=O)O)cc3)cc-2oc2cc(NCCc3ccc(S(=O)(=O)O)cc3)ccc12. The van der Waals surface area contributed by atoms with Crippen LogP contribution in [-0.4, -0.2) is 50.1 Å². The second kappa shape index (κ2) is 13.6. The number of hydrogen-bond donors (Lipinski definition) is 4. The normalized spacial score (nSPS) is 12.4. The van der Waals surface area contributed by atoms with E-state index in [1.54, 1.807) is 54.6 Å². The average molecular weight is 699 g/mol. The van der Waals surface area contributed by atoms with Crippen LogP contribution in [0.15, 0.2) is 128 Å².